The summed E-state index contributed by atoms with van der Waals surface area (Å²) >= 11 is 0. The molecule has 1 aromatic rings. The lowest BCUT2D eigenvalue weighted by Crippen LogP contribution is -2.54. The van der Waals surface area contributed by atoms with Crippen LogP contribution in [0.15, 0.2) is 30.3 Å². The van der Waals surface area contributed by atoms with Crippen LogP contribution in [0, 0.1) is 0 Å². The molecule has 0 spiro atoms. The first-order valence-corrected chi connectivity index (χ1v) is 10.8. The van der Waals surface area contributed by atoms with E-state index in [0.717, 1.165) is 5.56 Å². The second-order valence-electron chi connectivity index (χ2n) is 5.60. The van der Waals surface area contributed by atoms with Crippen molar-refractivity contribution in [2.24, 2.45) is 5.73 Å². The number of hydrogen-bond donors (Lipinski definition) is 2. The lowest BCUT2D eigenvalue weighted by Gasteiger charge is -2.29. The maximum absolute atomic E-state index is 6.08. The fourth-order valence-electron chi connectivity index (χ4n) is 2.05. The molecule has 0 fully saturated rings. The van der Waals surface area contributed by atoms with Gasteiger partial charge in [0.15, 0.2) is 0 Å². The van der Waals surface area contributed by atoms with E-state index in [-0.39, 0.29) is 26.0 Å². The van der Waals surface area contributed by atoms with Gasteiger partial charge in [-0.25, -0.2) is 14.7 Å². The Balaban J connectivity index is 2.96. The SMILES string of the molecule is CCOO[Si](OOCC)(OOCC)OC(CNC(C)N)Cc1ccccc1. The zero-order chi connectivity index (χ0) is 20.0. The van der Waals surface area contributed by atoms with Crippen LogP contribution in [0.5, 0.6) is 0 Å². The maximum atomic E-state index is 6.08. The number of nitrogens with two attached hydrogens (primary N) is 1. The van der Waals surface area contributed by atoms with E-state index in [1.165, 1.54) is 0 Å². The van der Waals surface area contributed by atoms with E-state index in [4.69, 9.17) is 38.6 Å². The molecule has 3 N–H and O–H groups in total. The molecule has 0 heterocycles. The molecule has 9 nitrogen and oxygen atoms in total. The normalized spacial score (nSPS) is 14.3. The first-order chi connectivity index (χ1) is 13.0. The Morgan fingerprint density at radius 2 is 1.44 bits per heavy atom. The first-order valence-electron chi connectivity index (χ1n) is 9.17. The summed E-state index contributed by atoms with van der Waals surface area (Å²) in [5.74, 6) is 0. The first kappa shape index (κ1) is 24.1. The van der Waals surface area contributed by atoms with Crippen LogP contribution in [0.2, 0.25) is 0 Å². The highest BCUT2D eigenvalue weighted by Gasteiger charge is 2.54. The van der Waals surface area contributed by atoms with E-state index in [2.05, 4.69) is 5.32 Å². The summed E-state index contributed by atoms with van der Waals surface area (Å²) in [6.45, 7) is 8.37. The summed E-state index contributed by atoms with van der Waals surface area (Å²) in [6, 6.07) is 9.87. The average Bonchev–Trinajstić information content (AvgIpc) is 2.68. The van der Waals surface area contributed by atoms with Gasteiger partial charge in [0.05, 0.1) is 32.1 Å². The second-order valence-corrected chi connectivity index (χ2v) is 7.33. The smallest absolute Gasteiger partial charge is 0.343 e. The summed E-state index contributed by atoms with van der Waals surface area (Å²) < 4.78 is 22.0. The largest absolute Gasteiger partial charge is 0.764 e. The van der Waals surface area contributed by atoms with E-state index in [1.807, 2.05) is 37.3 Å². The average molecular weight is 405 g/mol. The molecule has 0 radical (unpaired) electrons. The molecule has 0 aliphatic heterocycles. The van der Waals surface area contributed by atoms with E-state index in [9.17, 15) is 0 Å². The third-order valence-electron chi connectivity index (χ3n) is 3.12. The van der Waals surface area contributed by atoms with Gasteiger partial charge in [0.25, 0.3) is 0 Å². The van der Waals surface area contributed by atoms with Gasteiger partial charge < -0.3 is 10.2 Å². The minimum absolute atomic E-state index is 0.212. The van der Waals surface area contributed by atoms with Crippen LogP contribution in [0.4, 0.5) is 0 Å². The summed E-state index contributed by atoms with van der Waals surface area (Å²) in [4.78, 5) is 15.2. The van der Waals surface area contributed by atoms with Gasteiger partial charge in [-0.15, -0.1) is 0 Å². The Bertz CT molecular complexity index is 460. The minimum atomic E-state index is -3.89. The van der Waals surface area contributed by atoms with Gasteiger partial charge in [0.2, 0.25) is 0 Å². The monoisotopic (exact) mass is 404 g/mol. The Morgan fingerprint density at radius 1 is 0.926 bits per heavy atom. The molecule has 0 saturated heterocycles. The molecule has 0 aliphatic carbocycles. The molecule has 0 saturated carbocycles. The van der Waals surface area contributed by atoms with Crippen molar-refractivity contribution in [3.63, 3.8) is 0 Å². The van der Waals surface area contributed by atoms with E-state index in [1.54, 1.807) is 20.8 Å². The highest BCUT2D eigenvalue weighted by atomic mass is 28.4. The van der Waals surface area contributed by atoms with Crippen LogP contribution < -0.4 is 11.1 Å². The maximum Gasteiger partial charge on any atom is 0.764 e. The third-order valence-corrected chi connectivity index (χ3v) is 4.71. The van der Waals surface area contributed by atoms with E-state index >= 15 is 0 Å². The molecule has 1 rings (SSSR count). The Kier molecular flexibility index (Phi) is 12.6. The predicted molar refractivity (Wildman–Crippen MR) is 101 cm³/mol. The van der Waals surface area contributed by atoms with Crippen LogP contribution in [-0.4, -0.2) is 47.7 Å². The van der Waals surface area contributed by atoms with Crippen molar-refractivity contribution in [1.29, 1.82) is 0 Å². The molecule has 0 amide bonds. The van der Waals surface area contributed by atoms with Gasteiger partial charge in [-0.3, -0.25) is 5.32 Å². The van der Waals surface area contributed by atoms with Crippen LogP contribution in [0.25, 0.3) is 0 Å². The molecule has 0 aliphatic rings. The Labute approximate surface area is 162 Å². The van der Waals surface area contributed by atoms with E-state index < -0.39 is 15.2 Å². The molecule has 2 unspecified atom stereocenters. The van der Waals surface area contributed by atoms with Crippen molar-refractivity contribution < 1.29 is 32.8 Å². The van der Waals surface area contributed by atoms with Crippen LogP contribution in [0.1, 0.15) is 33.3 Å². The Hall–Kier alpha value is -0.923. The quantitative estimate of drug-likeness (QED) is 0.185. The highest BCUT2D eigenvalue weighted by Crippen LogP contribution is 2.19. The highest BCUT2D eigenvalue weighted by molar-refractivity contribution is 6.52. The van der Waals surface area contributed by atoms with Crippen molar-refractivity contribution in [2.45, 2.75) is 46.4 Å². The fourth-order valence-corrected chi connectivity index (χ4v) is 3.61. The fraction of sp³-hybridized carbons (Fsp3) is 0.647. The van der Waals surface area contributed by atoms with Gasteiger partial charge in [-0.1, -0.05) is 30.3 Å². The third kappa shape index (κ3) is 10.3. The van der Waals surface area contributed by atoms with Crippen molar-refractivity contribution in [2.75, 3.05) is 26.4 Å². The summed E-state index contributed by atoms with van der Waals surface area (Å²) in [7, 11) is -3.89. The molecular weight excluding hydrogens is 372 g/mol. The van der Waals surface area contributed by atoms with Gasteiger partial charge in [-0.05, 0) is 39.7 Å². The Morgan fingerprint density at radius 3 is 1.89 bits per heavy atom. The molecule has 27 heavy (non-hydrogen) atoms. The summed E-state index contributed by atoms with van der Waals surface area (Å²) in [6.07, 6.45) is -0.0433. The lowest BCUT2D eigenvalue weighted by molar-refractivity contribution is -0.388. The molecule has 156 valence electrons. The summed E-state index contributed by atoms with van der Waals surface area (Å²) in [5.41, 5.74) is 6.89. The topological polar surface area (TPSA) is 103 Å². The van der Waals surface area contributed by atoms with Gasteiger partial charge >= 0.3 is 9.05 Å². The number of nitrogens with one attached hydrogen (secondary N) is 1. The molecule has 2 atom stereocenters. The van der Waals surface area contributed by atoms with Crippen LogP contribution in [0.3, 0.4) is 0 Å². The van der Waals surface area contributed by atoms with Crippen molar-refractivity contribution in [3.05, 3.63) is 35.9 Å². The molecule has 1 aromatic carbocycles. The number of hydrogen-bond acceptors (Lipinski definition) is 9. The van der Waals surface area contributed by atoms with Crippen molar-refractivity contribution in [3.8, 4) is 0 Å². The molecule has 0 aromatic heterocycles. The minimum Gasteiger partial charge on any atom is -0.343 e. The zero-order valence-electron chi connectivity index (χ0n) is 16.5. The molecular formula is C17H32N2O7Si. The lowest BCUT2D eigenvalue weighted by atomic mass is 10.1. The number of rotatable bonds is 16. The van der Waals surface area contributed by atoms with Crippen LogP contribution >= 0.6 is 0 Å². The second kappa shape index (κ2) is 14.1. The van der Waals surface area contributed by atoms with Gasteiger partial charge in [0, 0.05) is 6.54 Å². The van der Waals surface area contributed by atoms with Crippen molar-refractivity contribution in [1.82, 2.24) is 5.32 Å². The zero-order valence-corrected chi connectivity index (χ0v) is 17.5. The van der Waals surface area contributed by atoms with E-state index in [0.29, 0.717) is 13.0 Å². The van der Waals surface area contributed by atoms with Gasteiger partial charge in [-0.2, -0.15) is 13.7 Å². The standard InChI is InChI=1S/C17H32N2O7Si/c1-5-20-24-27(25-21-6-2,26-22-7-3)23-17(14-19-15(4)18)13-16-11-9-8-10-12-16/h8-12,15,17,19H,5-7,13-14,18H2,1-4H3. The predicted octanol–water partition coefficient (Wildman–Crippen LogP) is 1.85. The van der Waals surface area contributed by atoms with Gasteiger partial charge in [0.1, 0.15) is 0 Å². The van der Waals surface area contributed by atoms with Crippen molar-refractivity contribution >= 4 is 9.05 Å². The van der Waals surface area contributed by atoms with Crippen LogP contribution in [-0.2, 0) is 39.2 Å². The molecule has 10 heteroatoms. The summed E-state index contributed by atoms with van der Waals surface area (Å²) in [5, 5.41) is 3.14. The number of benzene rings is 1. The molecule has 0 bridgehead atoms.